The standard InChI is InChI=1S/C19H13Cl2N3O/c20-15-10-16(21)22-19-17(15)23-18(24-19)13-6-8-14(9-7-13)25-11-12-4-2-1-3-5-12/h1-10H,11H2,(H,22,23,24). The second-order valence-corrected chi connectivity index (χ2v) is 6.30. The van der Waals surface area contributed by atoms with Gasteiger partial charge in [-0.15, -0.1) is 0 Å². The number of hydrogen-bond donors (Lipinski definition) is 1. The van der Waals surface area contributed by atoms with Crippen LogP contribution in [0.25, 0.3) is 22.6 Å². The number of rotatable bonds is 4. The maximum absolute atomic E-state index is 6.17. The lowest BCUT2D eigenvalue weighted by atomic mass is 10.2. The van der Waals surface area contributed by atoms with Crippen LogP contribution in [0.1, 0.15) is 5.56 Å². The highest BCUT2D eigenvalue weighted by Crippen LogP contribution is 2.27. The van der Waals surface area contributed by atoms with Gasteiger partial charge in [-0.1, -0.05) is 53.5 Å². The van der Waals surface area contributed by atoms with Crippen LogP contribution in [0.15, 0.2) is 60.7 Å². The summed E-state index contributed by atoms with van der Waals surface area (Å²) in [5, 5.41) is 0.816. The summed E-state index contributed by atoms with van der Waals surface area (Å²) in [6.07, 6.45) is 0. The zero-order chi connectivity index (χ0) is 17.2. The molecule has 2 aromatic heterocycles. The second-order valence-electron chi connectivity index (χ2n) is 5.51. The number of nitrogens with one attached hydrogen (secondary N) is 1. The van der Waals surface area contributed by atoms with Gasteiger partial charge in [-0.05, 0) is 35.9 Å². The van der Waals surface area contributed by atoms with E-state index in [0.29, 0.717) is 33.8 Å². The molecule has 0 saturated heterocycles. The summed E-state index contributed by atoms with van der Waals surface area (Å²) in [5.41, 5.74) is 3.21. The molecule has 0 unspecified atom stereocenters. The highest BCUT2D eigenvalue weighted by molar-refractivity contribution is 6.37. The van der Waals surface area contributed by atoms with Crippen molar-refractivity contribution in [2.45, 2.75) is 6.61 Å². The Kier molecular flexibility index (Phi) is 4.30. The van der Waals surface area contributed by atoms with E-state index in [4.69, 9.17) is 27.9 Å². The normalized spacial score (nSPS) is 11.0. The van der Waals surface area contributed by atoms with Crippen LogP contribution in [0.2, 0.25) is 10.2 Å². The maximum atomic E-state index is 6.17. The number of aromatic amines is 1. The first-order valence-electron chi connectivity index (χ1n) is 7.68. The predicted octanol–water partition coefficient (Wildman–Crippen LogP) is 5.51. The molecule has 6 heteroatoms. The predicted molar refractivity (Wildman–Crippen MR) is 100 cm³/mol. The van der Waals surface area contributed by atoms with Crippen LogP contribution in [-0.4, -0.2) is 15.0 Å². The van der Waals surface area contributed by atoms with E-state index in [1.807, 2.05) is 54.6 Å². The van der Waals surface area contributed by atoms with E-state index in [9.17, 15) is 0 Å². The molecule has 0 aliphatic heterocycles. The van der Waals surface area contributed by atoms with Crippen molar-refractivity contribution >= 4 is 34.4 Å². The smallest absolute Gasteiger partial charge is 0.181 e. The molecule has 2 heterocycles. The zero-order valence-corrected chi connectivity index (χ0v) is 14.6. The van der Waals surface area contributed by atoms with Gasteiger partial charge in [0.15, 0.2) is 5.65 Å². The highest BCUT2D eigenvalue weighted by Gasteiger charge is 2.10. The van der Waals surface area contributed by atoms with Crippen molar-refractivity contribution in [3.05, 3.63) is 76.4 Å². The van der Waals surface area contributed by atoms with Crippen LogP contribution in [0.4, 0.5) is 0 Å². The fourth-order valence-electron chi connectivity index (χ4n) is 2.51. The molecule has 124 valence electrons. The number of nitrogens with zero attached hydrogens (tertiary/aromatic N) is 2. The minimum atomic E-state index is 0.320. The summed E-state index contributed by atoms with van der Waals surface area (Å²) in [6, 6.07) is 19.3. The number of benzene rings is 2. The fourth-order valence-corrected chi connectivity index (χ4v) is 2.99. The van der Waals surface area contributed by atoms with E-state index in [1.54, 1.807) is 6.07 Å². The molecule has 1 N–H and O–H groups in total. The summed E-state index contributed by atoms with van der Waals surface area (Å²) >= 11 is 12.1. The van der Waals surface area contributed by atoms with E-state index in [0.717, 1.165) is 16.9 Å². The Labute approximate surface area is 154 Å². The first-order chi connectivity index (χ1) is 12.2. The quantitative estimate of drug-likeness (QED) is 0.482. The van der Waals surface area contributed by atoms with Crippen molar-refractivity contribution in [1.29, 1.82) is 0 Å². The number of halogens is 2. The molecule has 0 saturated carbocycles. The van der Waals surface area contributed by atoms with Gasteiger partial charge in [0.25, 0.3) is 0 Å². The SMILES string of the molecule is Clc1cc(Cl)c2[nH]c(-c3ccc(OCc4ccccc4)cc3)nc2n1. The minimum absolute atomic E-state index is 0.320. The van der Waals surface area contributed by atoms with Crippen molar-refractivity contribution < 1.29 is 4.74 Å². The summed E-state index contributed by atoms with van der Waals surface area (Å²) in [7, 11) is 0. The summed E-state index contributed by atoms with van der Waals surface area (Å²) in [4.78, 5) is 11.8. The number of ether oxygens (including phenoxy) is 1. The number of fused-ring (bicyclic) bond motifs is 1. The van der Waals surface area contributed by atoms with Crippen molar-refractivity contribution in [3.8, 4) is 17.1 Å². The van der Waals surface area contributed by atoms with E-state index in [2.05, 4.69) is 15.0 Å². The maximum Gasteiger partial charge on any atom is 0.181 e. The molecule has 25 heavy (non-hydrogen) atoms. The van der Waals surface area contributed by atoms with Gasteiger partial charge in [0.2, 0.25) is 0 Å². The molecule has 0 radical (unpaired) electrons. The first-order valence-corrected chi connectivity index (χ1v) is 8.43. The fraction of sp³-hybridized carbons (Fsp3) is 0.0526. The third-order valence-corrected chi connectivity index (χ3v) is 4.25. The summed E-state index contributed by atoms with van der Waals surface area (Å²) in [5.74, 6) is 1.48. The van der Waals surface area contributed by atoms with E-state index in [1.165, 1.54) is 0 Å². The van der Waals surface area contributed by atoms with Crippen LogP contribution < -0.4 is 4.74 Å². The van der Waals surface area contributed by atoms with Crippen LogP contribution in [-0.2, 0) is 6.61 Å². The molecule has 0 aliphatic carbocycles. The third kappa shape index (κ3) is 3.45. The van der Waals surface area contributed by atoms with Crippen molar-refractivity contribution in [3.63, 3.8) is 0 Å². The minimum Gasteiger partial charge on any atom is -0.489 e. The van der Waals surface area contributed by atoms with Crippen molar-refractivity contribution in [2.24, 2.45) is 0 Å². The van der Waals surface area contributed by atoms with Gasteiger partial charge >= 0.3 is 0 Å². The summed E-state index contributed by atoms with van der Waals surface area (Å²) in [6.45, 7) is 0.531. The largest absolute Gasteiger partial charge is 0.489 e. The number of hydrogen-bond acceptors (Lipinski definition) is 3. The Morgan fingerprint density at radius 2 is 1.68 bits per heavy atom. The van der Waals surface area contributed by atoms with Gasteiger partial charge in [0, 0.05) is 5.56 Å². The van der Waals surface area contributed by atoms with Gasteiger partial charge in [-0.25, -0.2) is 9.97 Å². The molecular weight excluding hydrogens is 357 g/mol. The average molecular weight is 370 g/mol. The van der Waals surface area contributed by atoms with Gasteiger partial charge in [0.1, 0.15) is 28.9 Å². The lowest BCUT2D eigenvalue weighted by molar-refractivity contribution is 0.306. The Morgan fingerprint density at radius 1 is 0.920 bits per heavy atom. The number of imidazole rings is 1. The molecule has 0 aliphatic rings. The zero-order valence-electron chi connectivity index (χ0n) is 13.0. The molecule has 4 aromatic rings. The van der Waals surface area contributed by atoms with Crippen LogP contribution in [0.5, 0.6) is 5.75 Å². The van der Waals surface area contributed by atoms with Crippen LogP contribution >= 0.6 is 23.2 Å². The Hall–Kier alpha value is -2.56. The number of H-pyrrole nitrogens is 1. The topological polar surface area (TPSA) is 50.8 Å². The molecule has 4 nitrogen and oxygen atoms in total. The molecule has 4 rings (SSSR count). The average Bonchev–Trinajstić information content (AvgIpc) is 3.06. The Morgan fingerprint density at radius 3 is 2.44 bits per heavy atom. The molecule has 0 atom stereocenters. The molecule has 2 aromatic carbocycles. The third-order valence-electron chi connectivity index (χ3n) is 3.76. The molecule has 0 spiro atoms. The Balaban J connectivity index is 1.55. The second kappa shape index (κ2) is 6.75. The van der Waals surface area contributed by atoms with Crippen LogP contribution in [0.3, 0.4) is 0 Å². The molecular formula is C19H13Cl2N3O. The molecule has 0 amide bonds. The van der Waals surface area contributed by atoms with Crippen LogP contribution in [0, 0.1) is 0 Å². The van der Waals surface area contributed by atoms with Gasteiger partial charge in [-0.2, -0.15) is 0 Å². The first kappa shape index (κ1) is 15.9. The van der Waals surface area contributed by atoms with E-state index in [-0.39, 0.29) is 0 Å². The van der Waals surface area contributed by atoms with Gasteiger partial charge < -0.3 is 9.72 Å². The van der Waals surface area contributed by atoms with Gasteiger partial charge in [-0.3, -0.25) is 0 Å². The molecule has 0 bridgehead atoms. The van der Waals surface area contributed by atoms with Crippen molar-refractivity contribution in [2.75, 3.05) is 0 Å². The van der Waals surface area contributed by atoms with E-state index >= 15 is 0 Å². The monoisotopic (exact) mass is 369 g/mol. The van der Waals surface area contributed by atoms with Gasteiger partial charge in [0.05, 0.1) is 5.02 Å². The van der Waals surface area contributed by atoms with Crippen molar-refractivity contribution in [1.82, 2.24) is 15.0 Å². The molecule has 0 fully saturated rings. The number of aromatic nitrogens is 3. The van der Waals surface area contributed by atoms with E-state index < -0.39 is 0 Å². The lowest BCUT2D eigenvalue weighted by Gasteiger charge is -2.06. The summed E-state index contributed by atoms with van der Waals surface area (Å²) < 4.78 is 5.80. The Bertz CT molecular complexity index is 1010. The highest BCUT2D eigenvalue weighted by atomic mass is 35.5. The lowest BCUT2D eigenvalue weighted by Crippen LogP contribution is -1.94. The number of pyridine rings is 1.